The topological polar surface area (TPSA) is 56.5 Å². The van der Waals surface area contributed by atoms with Gasteiger partial charge in [0.1, 0.15) is 11.6 Å². The van der Waals surface area contributed by atoms with Crippen molar-refractivity contribution in [1.29, 1.82) is 0 Å². The lowest BCUT2D eigenvalue weighted by Crippen LogP contribution is -2.23. The summed E-state index contributed by atoms with van der Waals surface area (Å²) in [6, 6.07) is 11.7. The third-order valence-corrected chi connectivity index (χ3v) is 5.42. The maximum atomic E-state index is 13.0. The Hall–Kier alpha value is -2.84. The summed E-state index contributed by atoms with van der Waals surface area (Å²) in [5.74, 6) is 0.795. The Kier molecular flexibility index (Phi) is 5.06. The molecule has 0 unspecified atom stereocenters. The molecule has 8 heteroatoms. The van der Waals surface area contributed by atoms with Crippen molar-refractivity contribution in [3.8, 4) is 5.75 Å². The van der Waals surface area contributed by atoms with Crippen LogP contribution in [-0.2, 0) is 0 Å². The van der Waals surface area contributed by atoms with Gasteiger partial charge in [-0.3, -0.25) is 4.79 Å². The highest BCUT2D eigenvalue weighted by Crippen LogP contribution is 2.23. The van der Waals surface area contributed by atoms with E-state index < -0.39 is 0 Å². The van der Waals surface area contributed by atoms with E-state index in [1.807, 2.05) is 18.2 Å². The van der Waals surface area contributed by atoms with Gasteiger partial charge in [-0.05, 0) is 48.0 Å². The SMILES string of the molecule is COc1ccc(Br)cc1/C=c1/sc2nc(/C=C/c3ccc(F)cc3)nn2c1=O. The average Bonchev–Trinajstić information content (AvgIpc) is 3.21. The molecule has 0 aliphatic heterocycles. The Morgan fingerprint density at radius 1 is 1.18 bits per heavy atom. The van der Waals surface area contributed by atoms with E-state index in [1.54, 1.807) is 37.5 Å². The van der Waals surface area contributed by atoms with Gasteiger partial charge in [0.05, 0.1) is 11.6 Å². The molecule has 0 fully saturated rings. The zero-order valence-electron chi connectivity index (χ0n) is 14.6. The van der Waals surface area contributed by atoms with Gasteiger partial charge in [0.2, 0.25) is 4.96 Å². The summed E-state index contributed by atoms with van der Waals surface area (Å²) in [7, 11) is 1.58. The molecule has 0 saturated heterocycles. The highest BCUT2D eigenvalue weighted by molar-refractivity contribution is 9.10. The van der Waals surface area contributed by atoms with Crippen LogP contribution in [0.15, 0.2) is 51.7 Å². The Balaban J connectivity index is 1.70. The van der Waals surface area contributed by atoms with E-state index in [1.165, 1.54) is 28.0 Å². The lowest BCUT2D eigenvalue weighted by molar-refractivity contribution is 0.414. The van der Waals surface area contributed by atoms with E-state index >= 15 is 0 Å². The van der Waals surface area contributed by atoms with Gasteiger partial charge in [-0.2, -0.15) is 9.50 Å². The first-order chi connectivity index (χ1) is 13.5. The van der Waals surface area contributed by atoms with E-state index in [0.29, 0.717) is 21.1 Å². The van der Waals surface area contributed by atoms with Crippen LogP contribution in [0.25, 0.3) is 23.2 Å². The number of benzene rings is 2. The summed E-state index contributed by atoms with van der Waals surface area (Å²) in [6.45, 7) is 0. The fourth-order valence-electron chi connectivity index (χ4n) is 2.62. The van der Waals surface area contributed by atoms with E-state index in [0.717, 1.165) is 15.6 Å². The second-order valence-electron chi connectivity index (χ2n) is 5.85. The molecule has 5 nitrogen and oxygen atoms in total. The predicted octanol–water partition coefficient (Wildman–Crippen LogP) is 3.78. The van der Waals surface area contributed by atoms with Crippen molar-refractivity contribution in [1.82, 2.24) is 14.6 Å². The van der Waals surface area contributed by atoms with Crippen molar-refractivity contribution in [2.75, 3.05) is 7.11 Å². The van der Waals surface area contributed by atoms with Gasteiger partial charge >= 0.3 is 0 Å². The molecule has 4 rings (SSSR count). The van der Waals surface area contributed by atoms with Gasteiger partial charge in [-0.1, -0.05) is 45.5 Å². The van der Waals surface area contributed by atoms with Gasteiger partial charge in [0, 0.05) is 10.0 Å². The first-order valence-corrected chi connectivity index (χ1v) is 9.83. The van der Waals surface area contributed by atoms with Crippen LogP contribution in [-0.4, -0.2) is 21.7 Å². The molecule has 0 radical (unpaired) electrons. The largest absolute Gasteiger partial charge is 0.496 e. The van der Waals surface area contributed by atoms with Crippen LogP contribution in [0.2, 0.25) is 0 Å². The molecular formula is C20H13BrFN3O2S. The van der Waals surface area contributed by atoms with Crippen molar-refractivity contribution in [2.24, 2.45) is 0 Å². The molecule has 0 amide bonds. The van der Waals surface area contributed by atoms with Crippen LogP contribution in [0.4, 0.5) is 4.39 Å². The highest BCUT2D eigenvalue weighted by atomic mass is 79.9. The molecule has 2 aromatic carbocycles. The molecule has 0 aliphatic carbocycles. The summed E-state index contributed by atoms with van der Waals surface area (Å²) in [4.78, 5) is 17.5. The van der Waals surface area contributed by atoms with Gasteiger partial charge in [-0.25, -0.2) is 4.39 Å². The predicted molar refractivity (Wildman–Crippen MR) is 112 cm³/mol. The number of nitrogens with zero attached hydrogens (tertiary/aromatic N) is 3. The molecule has 0 saturated carbocycles. The van der Waals surface area contributed by atoms with Crippen molar-refractivity contribution in [2.45, 2.75) is 0 Å². The van der Waals surface area contributed by atoms with Crippen LogP contribution in [0.5, 0.6) is 5.75 Å². The minimum absolute atomic E-state index is 0.240. The van der Waals surface area contributed by atoms with Crippen LogP contribution in [0, 0.1) is 5.82 Å². The molecule has 4 aromatic rings. The first-order valence-electron chi connectivity index (χ1n) is 8.22. The number of halogens is 2. The minimum atomic E-state index is -0.292. The van der Waals surface area contributed by atoms with Gasteiger partial charge < -0.3 is 4.74 Å². The fourth-order valence-corrected chi connectivity index (χ4v) is 3.91. The summed E-state index contributed by atoms with van der Waals surface area (Å²) in [6.07, 6.45) is 5.22. The number of fused-ring (bicyclic) bond motifs is 1. The average molecular weight is 458 g/mol. The monoisotopic (exact) mass is 457 g/mol. The summed E-state index contributed by atoms with van der Waals surface area (Å²) < 4.78 is 21.0. The van der Waals surface area contributed by atoms with Crippen molar-refractivity contribution >= 4 is 50.5 Å². The Bertz CT molecular complexity index is 1300. The maximum absolute atomic E-state index is 13.0. The molecule has 2 aromatic heterocycles. The Morgan fingerprint density at radius 2 is 1.96 bits per heavy atom. The quantitative estimate of drug-likeness (QED) is 0.467. The second kappa shape index (κ2) is 7.65. The number of hydrogen-bond donors (Lipinski definition) is 0. The summed E-state index contributed by atoms with van der Waals surface area (Å²) in [5.41, 5.74) is 1.36. The summed E-state index contributed by atoms with van der Waals surface area (Å²) in [5, 5.41) is 4.25. The van der Waals surface area contributed by atoms with Gasteiger partial charge in [0.15, 0.2) is 5.82 Å². The van der Waals surface area contributed by atoms with Crippen molar-refractivity contribution in [3.05, 3.63) is 84.6 Å². The number of ether oxygens (including phenoxy) is 1. The summed E-state index contributed by atoms with van der Waals surface area (Å²) >= 11 is 4.68. The third-order valence-electron chi connectivity index (χ3n) is 3.97. The second-order valence-corrected chi connectivity index (χ2v) is 7.78. The van der Waals surface area contributed by atoms with Gasteiger partial charge in [-0.15, -0.1) is 5.10 Å². The lowest BCUT2D eigenvalue weighted by atomic mass is 10.2. The number of aromatic nitrogens is 3. The minimum Gasteiger partial charge on any atom is -0.496 e. The molecule has 2 heterocycles. The zero-order chi connectivity index (χ0) is 19.7. The van der Waals surface area contributed by atoms with Crippen molar-refractivity contribution < 1.29 is 9.13 Å². The van der Waals surface area contributed by atoms with E-state index in [-0.39, 0.29) is 11.4 Å². The molecule has 0 bridgehead atoms. The molecule has 140 valence electrons. The Labute approximate surface area is 171 Å². The maximum Gasteiger partial charge on any atom is 0.291 e. The first kappa shape index (κ1) is 18.5. The van der Waals surface area contributed by atoms with E-state index in [9.17, 15) is 9.18 Å². The van der Waals surface area contributed by atoms with Gasteiger partial charge in [0.25, 0.3) is 5.56 Å². The van der Waals surface area contributed by atoms with Crippen LogP contribution in [0.1, 0.15) is 17.0 Å². The molecule has 0 atom stereocenters. The van der Waals surface area contributed by atoms with Crippen LogP contribution >= 0.6 is 27.3 Å². The molecule has 0 N–H and O–H groups in total. The smallest absolute Gasteiger partial charge is 0.291 e. The lowest BCUT2D eigenvalue weighted by Gasteiger charge is -2.04. The van der Waals surface area contributed by atoms with E-state index in [4.69, 9.17) is 4.74 Å². The number of rotatable bonds is 4. The highest BCUT2D eigenvalue weighted by Gasteiger charge is 2.10. The van der Waals surface area contributed by atoms with Crippen LogP contribution < -0.4 is 14.8 Å². The van der Waals surface area contributed by atoms with Crippen LogP contribution in [0.3, 0.4) is 0 Å². The molecule has 0 spiro atoms. The standard InChI is InChI=1S/C20H13BrFN3O2S/c1-27-16-8-5-14(21)10-13(16)11-17-19(26)25-20(28-17)23-18(24-25)9-4-12-2-6-15(22)7-3-12/h2-11H,1H3/b9-4+,17-11+. The normalized spacial score (nSPS) is 12.3. The third kappa shape index (κ3) is 3.74. The fraction of sp³-hybridized carbons (Fsp3) is 0.0500. The Morgan fingerprint density at radius 3 is 2.68 bits per heavy atom. The number of methoxy groups -OCH3 is 1. The molecule has 28 heavy (non-hydrogen) atoms. The number of hydrogen-bond acceptors (Lipinski definition) is 5. The molecule has 0 aliphatic rings. The van der Waals surface area contributed by atoms with E-state index in [2.05, 4.69) is 26.0 Å². The van der Waals surface area contributed by atoms with Crippen molar-refractivity contribution in [3.63, 3.8) is 0 Å². The molecular weight excluding hydrogens is 445 g/mol. The number of thiazole rings is 1. The zero-order valence-corrected chi connectivity index (χ0v) is 17.0.